The van der Waals surface area contributed by atoms with E-state index in [-0.39, 0.29) is 5.91 Å². The summed E-state index contributed by atoms with van der Waals surface area (Å²) in [5.74, 6) is -0.962. The summed E-state index contributed by atoms with van der Waals surface area (Å²) in [5.41, 5.74) is 0. The van der Waals surface area contributed by atoms with Gasteiger partial charge >= 0.3 is 5.97 Å². The molecule has 0 radical (unpaired) electrons. The first-order chi connectivity index (χ1) is 8.04. The van der Waals surface area contributed by atoms with Crippen LogP contribution in [0.3, 0.4) is 0 Å². The number of carbonyl (C=O) groups is 3. The van der Waals surface area contributed by atoms with Gasteiger partial charge in [0, 0.05) is 6.42 Å². The summed E-state index contributed by atoms with van der Waals surface area (Å²) in [5, 5.41) is 13.9. The average molecular weight is 260 g/mol. The Morgan fingerprint density at radius 1 is 1.65 bits per heavy atom. The van der Waals surface area contributed by atoms with E-state index in [2.05, 4.69) is 10.6 Å². The number of thioether (sulfide) groups is 1. The molecule has 7 heteroatoms. The molecule has 1 fully saturated rings. The fourth-order valence-corrected chi connectivity index (χ4v) is 2.05. The van der Waals surface area contributed by atoms with Crippen molar-refractivity contribution < 1.29 is 19.5 Å². The Hall–Kier alpha value is -1.24. The maximum Gasteiger partial charge on any atom is 0.326 e. The third kappa shape index (κ3) is 4.26. The minimum Gasteiger partial charge on any atom is -0.480 e. The lowest BCUT2D eigenvalue weighted by Gasteiger charge is -2.16. The van der Waals surface area contributed by atoms with Gasteiger partial charge in [-0.15, -0.1) is 0 Å². The number of nitrogens with one attached hydrogen (secondary N) is 2. The van der Waals surface area contributed by atoms with Crippen molar-refractivity contribution >= 4 is 29.5 Å². The quantitative estimate of drug-likeness (QED) is 0.603. The molecule has 2 amide bonds. The Morgan fingerprint density at radius 3 is 2.82 bits per heavy atom. The van der Waals surface area contributed by atoms with Crippen LogP contribution >= 0.6 is 11.8 Å². The zero-order chi connectivity index (χ0) is 12.8. The lowest BCUT2D eigenvalue weighted by atomic mass is 10.1. The van der Waals surface area contributed by atoms with E-state index in [0.29, 0.717) is 25.0 Å². The van der Waals surface area contributed by atoms with Crippen molar-refractivity contribution in [1.29, 1.82) is 0 Å². The third-order valence-electron chi connectivity index (χ3n) is 2.54. The number of rotatable bonds is 6. The van der Waals surface area contributed by atoms with Crippen LogP contribution in [0.4, 0.5) is 0 Å². The summed E-state index contributed by atoms with van der Waals surface area (Å²) in [6.45, 7) is 0. The molecule has 17 heavy (non-hydrogen) atoms. The Morgan fingerprint density at radius 2 is 2.35 bits per heavy atom. The van der Waals surface area contributed by atoms with Crippen molar-refractivity contribution in [2.75, 3.05) is 12.0 Å². The number of carboxylic acids is 1. The van der Waals surface area contributed by atoms with Crippen molar-refractivity contribution in [3.05, 3.63) is 0 Å². The van der Waals surface area contributed by atoms with Crippen molar-refractivity contribution in [3.8, 4) is 0 Å². The highest BCUT2D eigenvalue weighted by atomic mass is 32.2. The van der Waals surface area contributed by atoms with E-state index >= 15 is 0 Å². The molecule has 6 nitrogen and oxygen atoms in total. The van der Waals surface area contributed by atoms with Crippen LogP contribution in [-0.2, 0) is 14.4 Å². The van der Waals surface area contributed by atoms with Gasteiger partial charge in [-0.1, -0.05) is 0 Å². The molecule has 0 aromatic rings. The van der Waals surface area contributed by atoms with Crippen molar-refractivity contribution in [1.82, 2.24) is 10.6 Å². The molecule has 1 aliphatic rings. The van der Waals surface area contributed by atoms with E-state index in [1.807, 2.05) is 6.26 Å². The van der Waals surface area contributed by atoms with Crippen molar-refractivity contribution in [2.24, 2.45) is 0 Å². The van der Waals surface area contributed by atoms with Crippen LogP contribution in [0.25, 0.3) is 0 Å². The van der Waals surface area contributed by atoms with Crippen LogP contribution in [0.15, 0.2) is 0 Å². The molecule has 96 valence electrons. The fourth-order valence-electron chi connectivity index (χ4n) is 1.58. The summed E-state index contributed by atoms with van der Waals surface area (Å²) < 4.78 is 0. The monoisotopic (exact) mass is 260 g/mol. The smallest absolute Gasteiger partial charge is 0.326 e. The molecule has 1 aliphatic heterocycles. The first kappa shape index (κ1) is 13.8. The predicted octanol–water partition coefficient (Wildman–Crippen LogP) is -0.412. The third-order valence-corrected chi connectivity index (χ3v) is 3.18. The van der Waals surface area contributed by atoms with Crippen molar-refractivity contribution in [3.63, 3.8) is 0 Å². The summed E-state index contributed by atoms with van der Waals surface area (Å²) >= 11 is 1.52. The van der Waals surface area contributed by atoms with Gasteiger partial charge in [0.15, 0.2) is 0 Å². The van der Waals surface area contributed by atoms with Crippen LogP contribution in [-0.4, -0.2) is 47.0 Å². The second-order valence-corrected chi connectivity index (χ2v) is 4.83. The molecular formula is C10H16N2O4S. The minimum atomic E-state index is -1.04. The van der Waals surface area contributed by atoms with E-state index in [1.165, 1.54) is 11.8 Å². The van der Waals surface area contributed by atoms with Crippen LogP contribution in [0.5, 0.6) is 0 Å². The standard InChI is InChI=1S/C10H16N2O4S/c1-17-5-4-7(10(15)16)12-9(14)6-2-3-8(13)11-6/h6-7H,2-5H2,1H3,(H,11,13)(H,12,14)(H,15,16)/t6-,7-/m1/s1. The number of carboxylic acid groups (broad SMARTS) is 1. The zero-order valence-electron chi connectivity index (χ0n) is 9.56. The number of amides is 2. The Balaban J connectivity index is 2.46. The summed E-state index contributed by atoms with van der Waals surface area (Å²) in [6, 6.07) is -1.47. The van der Waals surface area contributed by atoms with Crippen molar-refractivity contribution in [2.45, 2.75) is 31.3 Å². The number of hydrogen-bond acceptors (Lipinski definition) is 4. The second-order valence-electron chi connectivity index (χ2n) is 3.84. The highest BCUT2D eigenvalue weighted by molar-refractivity contribution is 7.98. The Kier molecular flexibility index (Phi) is 5.27. The van der Waals surface area contributed by atoms with Gasteiger partial charge in [-0.05, 0) is 24.9 Å². The first-order valence-corrected chi connectivity index (χ1v) is 6.75. The highest BCUT2D eigenvalue weighted by Gasteiger charge is 2.30. The van der Waals surface area contributed by atoms with E-state index in [0.717, 1.165) is 0 Å². The van der Waals surface area contributed by atoms with Crippen LogP contribution < -0.4 is 10.6 Å². The molecule has 0 aromatic carbocycles. The molecule has 0 aromatic heterocycles. The minimum absolute atomic E-state index is 0.166. The van der Waals surface area contributed by atoms with Crippen LogP contribution in [0.2, 0.25) is 0 Å². The fraction of sp³-hybridized carbons (Fsp3) is 0.700. The summed E-state index contributed by atoms with van der Waals surface area (Å²) in [7, 11) is 0. The topological polar surface area (TPSA) is 95.5 Å². The Bertz CT molecular complexity index is 321. The number of hydrogen-bond donors (Lipinski definition) is 3. The van der Waals surface area contributed by atoms with Gasteiger partial charge in [-0.25, -0.2) is 4.79 Å². The lowest BCUT2D eigenvalue weighted by molar-refractivity contribution is -0.142. The van der Waals surface area contributed by atoms with Gasteiger partial charge in [-0.3, -0.25) is 9.59 Å². The number of aliphatic carboxylic acids is 1. The van der Waals surface area contributed by atoms with E-state index < -0.39 is 24.0 Å². The molecule has 0 unspecified atom stereocenters. The normalized spacial score (nSPS) is 20.8. The van der Waals surface area contributed by atoms with Crippen LogP contribution in [0, 0.1) is 0 Å². The molecule has 0 saturated carbocycles. The van der Waals surface area contributed by atoms with E-state index in [4.69, 9.17) is 5.11 Å². The maximum absolute atomic E-state index is 11.7. The molecule has 0 bridgehead atoms. The Labute approximate surface area is 104 Å². The molecule has 2 atom stereocenters. The largest absolute Gasteiger partial charge is 0.480 e. The zero-order valence-corrected chi connectivity index (χ0v) is 10.4. The molecule has 3 N–H and O–H groups in total. The number of carbonyl (C=O) groups excluding carboxylic acids is 2. The maximum atomic E-state index is 11.7. The molecule has 0 spiro atoms. The van der Waals surface area contributed by atoms with E-state index in [9.17, 15) is 14.4 Å². The molecule has 1 rings (SSSR count). The molecule has 1 saturated heterocycles. The van der Waals surface area contributed by atoms with Gasteiger partial charge in [-0.2, -0.15) is 11.8 Å². The molecular weight excluding hydrogens is 244 g/mol. The average Bonchev–Trinajstić information content (AvgIpc) is 2.70. The second kappa shape index (κ2) is 6.48. The van der Waals surface area contributed by atoms with Crippen LogP contribution in [0.1, 0.15) is 19.3 Å². The molecule has 0 aliphatic carbocycles. The van der Waals surface area contributed by atoms with Gasteiger partial charge in [0.2, 0.25) is 11.8 Å². The van der Waals surface area contributed by atoms with Gasteiger partial charge in [0.05, 0.1) is 0 Å². The first-order valence-electron chi connectivity index (χ1n) is 5.36. The summed E-state index contributed by atoms with van der Waals surface area (Å²) in [4.78, 5) is 33.5. The highest BCUT2D eigenvalue weighted by Crippen LogP contribution is 2.08. The SMILES string of the molecule is CSCC[C@@H](NC(=O)[C@H]1CCC(=O)N1)C(=O)O. The summed E-state index contributed by atoms with van der Waals surface area (Å²) in [6.07, 6.45) is 3.00. The molecule has 1 heterocycles. The lowest BCUT2D eigenvalue weighted by Crippen LogP contribution is -2.48. The van der Waals surface area contributed by atoms with Gasteiger partial charge in [0.25, 0.3) is 0 Å². The van der Waals surface area contributed by atoms with Gasteiger partial charge < -0.3 is 15.7 Å². The van der Waals surface area contributed by atoms with E-state index in [1.54, 1.807) is 0 Å². The van der Waals surface area contributed by atoms with Gasteiger partial charge in [0.1, 0.15) is 12.1 Å². The predicted molar refractivity (Wildman–Crippen MR) is 63.7 cm³/mol.